The number of piperidine rings is 1. The summed E-state index contributed by atoms with van der Waals surface area (Å²) >= 11 is 0. The molecule has 1 rings (SSSR count). The molecule has 1 fully saturated rings. The molecule has 60 valence electrons. The minimum absolute atomic E-state index is 0.647. The minimum atomic E-state index is 0.647. The number of rotatable bonds is 2. The molecule has 0 radical (unpaired) electrons. The molecule has 0 aliphatic carbocycles. The fourth-order valence-corrected chi connectivity index (χ4v) is 1.55. The molecule has 2 unspecified atom stereocenters. The van der Waals surface area contributed by atoms with Crippen LogP contribution in [0.25, 0.3) is 0 Å². The van der Waals surface area contributed by atoms with Gasteiger partial charge in [-0.15, -0.1) is 0 Å². The molecule has 1 aliphatic rings. The van der Waals surface area contributed by atoms with Crippen LogP contribution in [0, 0.1) is 5.92 Å². The molecular formula is C8H17NO. The van der Waals surface area contributed by atoms with Gasteiger partial charge in [0.25, 0.3) is 0 Å². The van der Waals surface area contributed by atoms with Crippen molar-refractivity contribution in [1.82, 2.24) is 5.32 Å². The Morgan fingerprint density at radius 1 is 1.60 bits per heavy atom. The number of hydrogen-bond acceptors (Lipinski definition) is 2. The Bertz CT molecular complexity index is 93.3. The summed E-state index contributed by atoms with van der Waals surface area (Å²) in [5.41, 5.74) is 0. The minimum Gasteiger partial charge on any atom is -0.384 e. The zero-order valence-electron chi connectivity index (χ0n) is 6.89. The molecule has 0 aromatic heterocycles. The molecular weight excluding hydrogens is 126 g/mol. The molecule has 2 atom stereocenters. The van der Waals surface area contributed by atoms with Crippen molar-refractivity contribution in [2.75, 3.05) is 20.3 Å². The Hall–Kier alpha value is -0.0800. The lowest BCUT2D eigenvalue weighted by atomic mass is 9.93. The van der Waals surface area contributed by atoms with Crippen molar-refractivity contribution in [3.8, 4) is 0 Å². The van der Waals surface area contributed by atoms with E-state index in [1.807, 2.05) is 0 Å². The summed E-state index contributed by atoms with van der Waals surface area (Å²) < 4.78 is 5.11. The van der Waals surface area contributed by atoms with E-state index in [1.54, 1.807) is 7.11 Å². The summed E-state index contributed by atoms with van der Waals surface area (Å²) in [6.45, 7) is 4.33. The first-order chi connectivity index (χ1) is 4.84. The van der Waals surface area contributed by atoms with Crippen LogP contribution < -0.4 is 5.32 Å². The normalized spacial score (nSPS) is 34.2. The van der Waals surface area contributed by atoms with Gasteiger partial charge in [-0.05, 0) is 32.2 Å². The van der Waals surface area contributed by atoms with E-state index >= 15 is 0 Å². The Morgan fingerprint density at radius 3 is 3.00 bits per heavy atom. The average molecular weight is 143 g/mol. The zero-order chi connectivity index (χ0) is 7.40. The maximum atomic E-state index is 5.11. The van der Waals surface area contributed by atoms with Gasteiger partial charge in [0.15, 0.2) is 0 Å². The highest BCUT2D eigenvalue weighted by Gasteiger charge is 2.19. The summed E-state index contributed by atoms with van der Waals surface area (Å²) in [6, 6.07) is 0.647. The molecule has 10 heavy (non-hydrogen) atoms. The lowest BCUT2D eigenvalue weighted by molar-refractivity contribution is 0.117. The Kier molecular flexibility index (Phi) is 3.16. The second-order valence-corrected chi connectivity index (χ2v) is 3.10. The lowest BCUT2D eigenvalue weighted by Gasteiger charge is -2.29. The van der Waals surface area contributed by atoms with Crippen molar-refractivity contribution >= 4 is 0 Å². The van der Waals surface area contributed by atoms with E-state index in [0.717, 1.165) is 12.5 Å². The maximum Gasteiger partial charge on any atom is 0.0505 e. The Balaban J connectivity index is 2.25. The van der Waals surface area contributed by atoms with Crippen LogP contribution in [0.15, 0.2) is 0 Å². The van der Waals surface area contributed by atoms with Crippen molar-refractivity contribution in [3.63, 3.8) is 0 Å². The van der Waals surface area contributed by atoms with Gasteiger partial charge in [-0.25, -0.2) is 0 Å². The number of nitrogens with one attached hydrogen (secondary N) is 1. The standard InChI is InChI=1S/C8H17NO/c1-7-8(6-10-2)4-3-5-9-7/h7-9H,3-6H2,1-2H3. The lowest BCUT2D eigenvalue weighted by Crippen LogP contribution is -2.40. The zero-order valence-corrected chi connectivity index (χ0v) is 6.89. The monoisotopic (exact) mass is 143 g/mol. The van der Waals surface area contributed by atoms with E-state index in [9.17, 15) is 0 Å². The number of methoxy groups -OCH3 is 1. The van der Waals surface area contributed by atoms with Gasteiger partial charge in [-0.2, -0.15) is 0 Å². The molecule has 2 nitrogen and oxygen atoms in total. The molecule has 0 spiro atoms. The number of hydrogen-bond donors (Lipinski definition) is 1. The van der Waals surface area contributed by atoms with Crippen LogP contribution in [0.5, 0.6) is 0 Å². The van der Waals surface area contributed by atoms with E-state index in [0.29, 0.717) is 6.04 Å². The first-order valence-corrected chi connectivity index (χ1v) is 4.07. The summed E-state index contributed by atoms with van der Waals surface area (Å²) in [5, 5.41) is 3.44. The summed E-state index contributed by atoms with van der Waals surface area (Å²) in [7, 11) is 1.78. The average Bonchev–Trinajstić information content (AvgIpc) is 1.94. The van der Waals surface area contributed by atoms with Gasteiger partial charge in [0, 0.05) is 13.2 Å². The van der Waals surface area contributed by atoms with Crippen molar-refractivity contribution < 1.29 is 4.74 Å². The third kappa shape index (κ3) is 1.96. The predicted octanol–water partition coefficient (Wildman–Crippen LogP) is 1.02. The smallest absolute Gasteiger partial charge is 0.0505 e. The van der Waals surface area contributed by atoms with Gasteiger partial charge >= 0.3 is 0 Å². The highest BCUT2D eigenvalue weighted by molar-refractivity contribution is 4.76. The first-order valence-electron chi connectivity index (χ1n) is 4.07. The number of ether oxygens (including phenoxy) is 1. The van der Waals surface area contributed by atoms with Crippen molar-refractivity contribution in [2.24, 2.45) is 5.92 Å². The van der Waals surface area contributed by atoms with Gasteiger partial charge in [-0.1, -0.05) is 0 Å². The maximum absolute atomic E-state index is 5.11. The fourth-order valence-electron chi connectivity index (χ4n) is 1.55. The van der Waals surface area contributed by atoms with Crippen LogP contribution in [-0.2, 0) is 4.74 Å². The molecule has 0 bridgehead atoms. The molecule has 1 N–H and O–H groups in total. The van der Waals surface area contributed by atoms with E-state index in [-0.39, 0.29) is 0 Å². The van der Waals surface area contributed by atoms with Crippen molar-refractivity contribution in [1.29, 1.82) is 0 Å². The fraction of sp³-hybridized carbons (Fsp3) is 1.00. The van der Waals surface area contributed by atoms with Crippen LogP contribution in [0.3, 0.4) is 0 Å². The molecule has 0 aromatic rings. The molecule has 1 saturated heterocycles. The highest BCUT2D eigenvalue weighted by atomic mass is 16.5. The second kappa shape index (κ2) is 3.94. The van der Waals surface area contributed by atoms with Crippen molar-refractivity contribution in [3.05, 3.63) is 0 Å². The van der Waals surface area contributed by atoms with Gasteiger partial charge in [0.1, 0.15) is 0 Å². The van der Waals surface area contributed by atoms with Gasteiger partial charge < -0.3 is 10.1 Å². The quantitative estimate of drug-likeness (QED) is 0.623. The molecule has 0 aromatic carbocycles. The van der Waals surface area contributed by atoms with E-state index in [1.165, 1.54) is 19.4 Å². The third-order valence-corrected chi connectivity index (χ3v) is 2.31. The van der Waals surface area contributed by atoms with Crippen LogP contribution in [0.1, 0.15) is 19.8 Å². The Labute approximate surface area is 63.0 Å². The van der Waals surface area contributed by atoms with Gasteiger partial charge in [-0.3, -0.25) is 0 Å². The topological polar surface area (TPSA) is 21.3 Å². The summed E-state index contributed by atoms with van der Waals surface area (Å²) in [4.78, 5) is 0. The molecule has 1 aliphatic heterocycles. The first kappa shape index (κ1) is 8.02. The molecule has 0 amide bonds. The van der Waals surface area contributed by atoms with Crippen molar-refractivity contribution in [2.45, 2.75) is 25.8 Å². The predicted molar refractivity (Wildman–Crippen MR) is 42.1 cm³/mol. The van der Waals surface area contributed by atoms with Crippen LogP contribution in [0.4, 0.5) is 0 Å². The summed E-state index contributed by atoms with van der Waals surface area (Å²) in [6.07, 6.45) is 2.63. The van der Waals surface area contributed by atoms with E-state index < -0.39 is 0 Å². The van der Waals surface area contributed by atoms with Gasteiger partial charge in [0.05, 0.1) is 6.61 Å². The third-order valence-electron chi connectivity index (χ3n) is 2.31. The molecule has 1 heterocycles. The van der Waals surface area contributed by atoms with Gasteiger partial charge in [0.2, 0.25) is 0 Å². The highest BCUT2D eigenvalue weighted by Crippen LogP contribution is 2.15. The second-order valence-electron chi connectivity index (χ2n) is 3.10. The SMILES string of the molecule is COCC1CCCNC1C. The van der Waals surface area contributed by atoms with E-state index in [4.69, 9.17) is 4.74 Å². The van der Waals surface area contributed by atoms with Crippen LogP contribution in [-0.4, -0.2) is 26.3 Å². The van der Waals surface area contributed by atoms with Crippen LogP contribution >= 0.6 is 0 Å². The Morgan fingerprint density at radius 2 is 2.40 bits per heavy atom. The molecule has 2 heteroatoms. The van der Waals surface area contributed by atoms with Crippen LogP contribution in [0.2, 0.25) is 0 Å². The summed E-state index contributed by atoms with van der Waals surface area (Å²) in [5.74, 6) is 0.735. The molecule has 0 saturated carbocycles. The largest absolute Gasteiger partial charge is 0.384 e. The van der Waals surface area contributed by atoms with E-state index in [2.05, 4.69) is 12.2 Å².